The van der Waals surface area contributed by atoms with Crippen molar-refractivity contribution in [2.45, 2.75) is 97.1 Å². The third-order valence-corrected chi connectivity index (χ3v) is 6.09. The van der Waals surface area contributed by atoms with Gasteiger partial charge in [0.05, 0.1) is 11.2 Å². The molecule has 0 aromatic carbocycles. The number of anilines is 2. The van der Waals surface area contributed by atoms with E-state index in [4.69, 9.17) is 9.84 Å². The number of rotatable bonds is 8. The lowest BCUT2D eigenvalue weighted by atomic mass is 9.85. The van der Waals surface area contributed by atoms with Gasteiger partial charge in [0.2, 0.25) is 5.82 Å². The van der Waals surface area contributed by atoms with Crippen molar-refractivity contribution < 1.29 is 14.3 Å². The van der Waals surface area contributed by atoms with Crippen molar-refractivity contribution in [1.29, 1.82) is 0 Å². The van der Waals surface area contributed by atoms with E-state index in [0.29, 0.717) is 25.3 Å². The van der Waals surface area contributed by atoms with Crippen molar-refractivity contribution in [3.8, 4) is 0 Å². The summed E-state index contributed by atoms with van der Waals surface area (Å²) in [6.07, 6.45) is 6.36. The van der Waals surface area contributed by atoms with Crippen LogP contribution < -0.4 is 16.0 Å². The molecule has 0 radical (unpaired) electrons. The molecule has 36 heavy (non-hydrogen) atoms. The van der Waals surface area contributed by atoms with E-state index in [0.717, 1.165) is 24.4 Å². The van der Waals surface area contributed by atoms with Crippen LogP contribution in [0.4, 0.5) is 16.4 Å². The first kappa shape index (κ1) is 27.4. The average Bonchev–Trinajstić information content (AvgIpc) is 3.40. The molecule has 3 N–H and O–H groups in total. The van der Waals surface area contributed by atoms with Crippen LogP contribution in [0.15, 0.2) is 18.3 Å². The predicted molar refractivity (Wildman–Crippen MR) is 140 cm³/mol. The zero-order valence-corrected chi connectivity index (χ0v) is 22.7. The minimum atomic E-state index is -0.546. The number of amides is 2. The summed E-state index contributed by atoms with van der Waals surface area (Å²) in [5, 5.41) is 13.8. The summed E-state index contributed by atoms with van der Waals surface area (Å²) in [5.41, 5.74) is 0.400. The Morgan fingerprint density at radius 1 is 1.08 bits per heavy atom. The minimum Gasteiger partial charge on any atom is -0.444 e. The number of carbonyl (C=O) groups is 2. The molecule has 0 atom stereocenters. The number of aromatic nitrogens is 4. The highest BCUT2D eigenvalue weighted by atomic mass is 16.6. The molecule has 1 fully saturated rings. The summed E-state index contributed by atoms with van der Waals surface area (Å²) < 4.78 is 7.18. The first-order chi connectivity index (χ1) is 16.8. The van der Waals surface area contributed by atoms with Gasteiger partial charge in [0.15, 0.2) is 0 Å². The van der Waals surface area contributed by atoms with Crippen LogP contribution in [-0.2, 0) is 15.7 Å². The van der Waals surface area contributed by atoms with Crippen LogP contribution in [0.5, 0.6) is 0 Å². The Balaban J connectivity index is 1.60. The van der Waals surface area contributed by atoms with E-state index in [1.54, 1.807) is 12.3 Å². The second-order valence-electron chi connectivity index (χ2n) is 11.7. The van der Waals surface area contributed by atoms with Gasteiger partial charge in [-0.25, -0.2) is 19.4 Å². The van der Waals surface area contributed by atoms with Gasteiger partial charge in [0, 0.05) is 30.8 Å². The molecule has 198 valence electrons. The molecule has 3 rings (SSSR count). The lowest BCUT2D eigenvalue weighted by Crippen LogP contribution is -2.34. The van der Waals surface area contributed by atoms with Gasteiger partial charge in [0.25, 0.3) is 5.91 Å². The highest BCUT2D eigenvalue weighted by molar-refractivity contribution is 5.90. The maximum Gasteiger partial charge on any atom is 0.407 e. The lowest BCUT2D eigenvalue weighted by Gasteiger charge is -2.24. The zero-order valence-electron chi connectivity index (χ0n) is 22.7. The number of ether oxygens (including phenoxy) is 1. The van der Waals surface area contributed by atoms with Gasteiger partial charge in [0.1, 0.15) is 17.2 Å². The third-order valence-electron chi connectivity index (χ3n) is 6.09. The molecule has 1 aliphatic carbocycles. The molecular formula is C26H41N7O3. The number of nitrogens with zero attached hydrogens (tertiary/aromatic N) is 4. The van der Waals surface area contributed by atoms with Crippen LogP contribution >= 0.6 is 0 Å². The van der Waals surface area contributed by atoms with E-state index in [-0.39, 0.29) is 22.7 Å². The second kappa shape index (κ2) is 10.8. The van der Waals surface area contributed by atoms with Crippen molar-refractivity contribution >= 4 is 23.6 Å². The van der Waals surface area contributed by atoms with Gasteiger partial charge >= 0.3 is 6.09 Å². The van der Waals surface area contributed by atoms with Crippen molar-refractivity contribution in [1.82, 2.24) is 30.4 Å². The SMILES string of the molecule is CC(C)(C)OC(=O)NCCCNC(=O)c1nccc(Nc2cc(C3(C)CCCC3)nn2C(C)(C)C)n1. The fourth-order valence-electron chi connectivity index (χ4n) is 4.23. The van der Waals surface area contributed by atoms with Crippen LogP contribution in [0.3, 0.4) is 0 Å². The molecule has 0 unspecified atom stereocenters. The highest BCUT2D eigenvalue weighted by Gasteiger charge is 2.35. The number of hydrogen-bond acceptors (Lipinski definition) is 7. The molecule has 10 nitrogen and oxygen atoms in total. The summed E-state index contributed by atoms with van der Waals surface area (Å²) >= 11 is 0. The highest BCUT2D eigenvalue weighted by Crippen LogP contribution is 2.41. The Morgan fingerprint density at radius 2 is 1.75 bits per heavy atom. The molecule has 0 aliphatic heterocycles. The minimum absolute atomic E-state index is 0.0740. The molecule has 2 aromatic heterocycles. The van der Waals surface area contributed by atoms with Gasteiger partial charge in [-0.3, -0.25) is 4.79 Å². The summed E-state index contributed by atoms with van der Waals surface area (Å²) in [4.78, 5) is 32.8. The smallest absolute Gasteiger partial charge is 0.407 e. The van der Waals surface area contributed by atoms with Crippen LogP contribution in [0, 0.1) is 0 Å². The van der Waals surface area contributed by atoms with Crippen molar-refractivity contribution in [2.24, 2.45) is 0 Å². The summed E-state index contributed by atoms with van der Waals surface area (Å²) in [6.45, 7) is 14.8. The molecule has 1 aliphatic rings. The third kappa shape index (κ3) is 7.41. The first-order valence-corrected chi connectivity index (χ1v) is 12.7. The Morgan fingerprint density at radius 3 is 2.39 bits per heavy atom. The van der Waals surface area contributed by atoms with Crippen molar-refractivity contribution in [3.63, 3.8) is 0 Å². The molecule has 0 spiro atoms. The van der Waals surface area contributed by atoms with E-state index in [1.165, 1.54) is 12.8 Å². The molecular weight excluding hydrogens is 458 g/mol. The topological polar surface area (TPSA) is 123 Å². The largest absolute Gasteiger partial charge is 0.444 e. The van der Waals surface area contributed by atoms with Crippen LogP contribution in [0.2, 0.25) is 0 Å². The first-order valence-electron chi connectivity index (χ1n) is 12.7. The number of carbonyl (C=O) groups excluding carboxylic acids is 2. The predicted octanol–water partition coefficient (Wildman–Crippen LogP) is 4.65. The van der Waals surface area contributed by atoms with E-state index in [9.17, 15) is 9.59 Å². The molecule has 0 bridgehead atoms. The molecule has 2 aromatic rings. The van der Waals surface area contributed by atoms with Gasteiger partial charge < -0.3 is 20.7 Å². The Bertz CT molecular complexity index is 1060. The van der Waals surface area contributed by atoms with E-state index in [2.05, 4.69) is 59.7 Å². The fourth-order valence-corrected chi connectivity index (χ4v) is 4.23. The van der Waals surface area contributed by atoms with E-state index >= 15 is 0 Å². The maximum absolute atomic E-state index is 12.6. The summed E-state index contributed by atoms with van der Waals surface area (Å²) in [7, 11) is 0. The average molecular weight is 500 g/mol. The summed E-state index contributed by atoms with van der Waals surface area (Å²) in [5.74, 6) is 1.06. The van der Waals surface area contributed by atoms with Gasteiger partial charge in [-0.05, 0) is 66.9 Å². The molecule has 10 heteroatoms. The molecule has 1 saturated carbocycles. The molecule has 2 amide bonds. The number of alkyl carbamates (subject to hydrolysis) is 1. The summed E-state index contributed by atoms with van der Waals surface area (Å²) in [6, 6.07) is 3.84. The van der Waals surface area contributed by atoms with Crippen LogP contribution in [0.1, 0.15) is 96.9 Å². The number of hydrogen-bond donors (Lipinski definition) is 3. The molecule has 2 heterocycles. The second-order valence-corrected chi connectivity index (χ2v) is 11.7. The standard InChI is InChI=1S/C26H41N7O3/c1-24(2,3)33-20(17-18(32-33)26(7)12-8-9-13-26)30-19-11-16-27-21(31-19)22(34)28-14-10-15-29-23(35)36-25(4,5)6/h11,16-17H,8-10,12-15H2,1-7H3,(H,28,34)(H,29,35)(H,27,30,31). The van der Waals surface area contributed by atoms with Gasteiger partial charge in [-0.1, -0.05) is 19.8 Å². The Hall–Kier alpha value is -3.17. The monoisotopic (exact) mass is 499 g/mol. The quantitative estimate of drug-likeness (QED) is 0.452. The van der Waals surface area contributed by atoms with Crippen molar-refractivity contribution in [2.75, 3.05) is 18.4 Å². The van der Waals surface area contributed by atoms with E-state index < -0.39 is 11.7 Å². The number of nitrogens with one attached hydrogen (secondary N) is 3. The van der Waals surface area contributed by atoms with Crippen LogP contribution in [-0.4, -0.2) is 50.4 Å². The maximum atomic E-state index is 12.6. The Kier molecular flexibility index (Phi) is 8.26. The fraction of sp³-hybridized carbons (Fsp3) is 0.654. The molecule has 0 saturated heterocycles. The lowest BCUT2D eigenvalue weighted by molar-refractivity contribution is 0.0527. The normalized spacial score (nSPS) is 15.4. The Labute approximate surface area is 214 Å². The van der Waals surface area contributed by atoms with Gasteiger partial charge in [-0.2, -0.15) is 5.10 Å². The zero-order chi connectivity index (χ0) is 26.6. The van der Waals surface area contributed by atoms with Crippen LogP contribution in [0.25, 0.3) is 0 Å². The van der Waals surface area contributed by atoms with E-state index in [1.807, 2.05) is 25.5 Å². The van der Waals surface area contributed by atoms with Crippen molar-refractivity contribution in [3.05, 3.63) is 29.8 Å². The van der Waals surface area contributed by atoms with Gasteiger partial charge in [-0.15, -0.1) is 0 Å².